The van der Waals surface area contributed by atoms with Gasteiger partial charge < -0.3 is 5.32 Å². The van der Waals surface area contributed by atoms with Gasteiger partial charge in [-0.1, -0.05) is 12.1 Å². The first kappa shape index (κ1) is 16.8. The minimum absolute atomic E-state index is 0.154. The molecule has 0 radical (unpaired) electrons. The molecule has 7 heteroatoms. The van der Waals surface area contributed by atoms with Crippen molar-refractivity contribution in [2.45, 2.75) is 26.3 Å². The highest BCUT2D eigenvalue weighted by molar-refractivity contribution is 6.21. The van der Waals surface area contributed by atoms with Crippen LogP contribution in [0.4, 0.5) is 0 Å². The predicted molar refractivity (Wildman–Crippen MR) is 89.7 cm³/mol. The third-order valence-electron chi connectivity index (χ3n) is 3.98. The quantitative estimate of drug-likeness (QED) is 0.806. The lowest BCUT2D eigenvalue weighted by atomic mass is 10.1. The number of aryl methyl sites for hydroxylation is 1. The van der Waals surface area contributed by atoms with Gasteiger partial charge in [-0.2, -0.15) is 10.2 Å². The van der Waals surface area contributed by atoms with E-state index in [4.69, 9.17) is 0 Å². The minimum Gasteiger partial charge on any atom is -0.350 e. The number of carbonyl (C=O) groups is 3. The zero-order valence-corrected chi connectivity index (χ0v) is 13.9. The van der Waals surface area contributed by atoms with Gasteiger partial charge in [0.25, 0.3) is 11.8 Å². The summed E-state index contributed by atoms with van der Waals surface area (Å²) in [6, 6.07) is 10.4. The number of aromatic nitrogens is 2. The fourth-order valence-corrected chi connectivity index (χ4v) is 2.64. The second-order valence-corrected chi connectivity index (χ2v) is 5.85. The Kier molecular flexibility index (Phi) is 4.83. The predicted octanol–water partition coefficient (Wildman–Crippen LogP) is 1.48. The smallest absolute Gasteiger partial charge is 0.261 e. The normalized spacial score (nSPS) is 13.1. The summed E-state index contributed by atoms with van der Waals surface area (Å²) >= 11 is 0. The molecule has 1 N–H and O–H groups in total. The van der Waals surface area contributed by atoms with Crippen LogP contribution in [-0.4, -0.2) is 39.4 Å². The third kappa shape index (κ3) is 3.71. The number of rotatable bonds is 6. The summed E-state index contributed by atoms with van der Waals surface area (Å²) in [5.74, 6) is -0.745. The Balaban J connectivity index is 1.45. The number of fused-ring (bicyclic) bond motifs is 1. The molecule has 7 nitrogen and oxygen atoms in total. The van der Waals surface area contributed by atoms with E-state index in [2.05, 4.69) is 15.5 Å². The Morgan fingerprint density at radius 3 is 2.32 bits per heavy atom. The summed E-state index contributed by atoms with van der Waals surface area (Å²) in [6.07, 6.45) is 0.642. The van der Waals surface area contributed by atoms with Crippen LogP contribution in [0.25, 0.3) is 0 Å². The molecule has 1 aliphatic heterocycles. The molecule has 3 amide bonds. The maximum absolute atomic E-state index is 12.2. The molecule has 1 aromatic heterocycles. The molecule has 1 aliphatic rings. The zero-order chi connectivity index (χ0) is 17.8. The topological polar surface area (TPSA) is 92.3 Å². The highest BCUT2D eigenvalue weighted by Crippen LogP contribution is 2.22. The number of nitrogens with one attached hydrogen (secondary N) is 1. The van der Waals surface area contributed by atoms with E-state index in [1.54, 1.807) is 30.3 Å². The van der Waals surface area contributed by atoms with E-state index in [1.807, 2.05) is 13.0 Å². The number of amides is 3. The van der Waals surface area contributed by atoms with E-state index in [0.29, 0.717) is 29.8 Å². The van der Waals surface area contributed by atoms with Crippen molar-refractivity contribution in [3.05, 3.63) is 58.9 Å². The average molecular weight is 338 g/mol. The van der Waals surface area contributed by atoms with Crippen molar-refractivity contribution in [2.75, 3.05) is 6.54 Å². The second-order valence-electron chi connectivity index (χ2n) is 5.85. The number of nitrogens with zero attached hydrogens (tertiary/aromatic N) is 3. The lowest BCUT2D eigenvalue weighted by molar-refractivity contribution is -0.121. The molecular weight excluding hydrogens is 320 g/mol. The molecule has 2 aromatic rings. The van der Waals surface area contributed by atoms with Crippen molar-refractivity contribution >= 4 is 17.7 Å². The molecule has 128 valence electrons. The van der Waals surface area contributed by atoms with E-state index in [0.717, 1.165) is 5.69 Å². The van der Waals surface area contributed by atoms with Crippen molar-refractivity contribution in [1.29, 1.82) is 0 Å². The van der Waals surface area contributed by atoms with Crippen molar-refractivity contribution in [3.63, 3.8) is 0 Å². The Bertz CT molecular complexity index is 782. The molecule has 0 unspecified atom stereocenters. The summed E-state index contributed by atoms with van der Waals surface area (Å²) in [5, 5.41) is 10.7. The van der Waals surface area contributed by atoms with Crippen LogP contribution in [0.2, 0.25) is 0 Å². The fraction of sp³-hybridized carbons (Fsp3) is 0.278. The molecule has 1 aromatic carbocycles. The van der Waals surface area contributed by atoms with E-state index >= 15 is 0 Å². The summed E-state index contributed by atoms with van der Waals surface area (Å²) < 4.78 is 0. The summed E-state index contributed by atoms with van der Waals surface area (Å²) in [5.41, 5.74) is 2.35. The molecule has 25 heavy (non-hydrogen) atoms. The first-order valence-corrected chi connectivity index (χ1v) is 8.07. The van der Waals surface area contributed by atoms with Gasteiger partial charge >= 0.3 is 0 Å². The first-order chi connectivity index (χ1) is 12.1. The number of benzene rings is 1. The third-order valence-corrected chi connectivity index (χ3v) is 3.98. The van der Waals surface area contributed by atoms with Crippen LogP contribution in [0.15, 0.2) is 36.4 Å². The first-order valence-electron chi connectivity index (χ1n) is 8.07. The van der Waals surface area contributed by atoms with Crippen molar-refractivity contribution in [1.82, 2.24) is 20.4 Å². The number of hydrogen-bond acceptors (Lipinski definition) is 5. The van der Waals surface area contributed by atoms with Crippen molar-refractivity contribution < 1.29 is 14.4 Å². The highest BCUT2D eigenvalue weighted by atomic mass is 16.2. The number of hydrogen-bond donors (Lipinski definition) is 1. The lowest BCUT2D eigenvalue weighted by Crippen LogP contribution is -2.32. The molecule has 0 aliphatic carbocycles. The maximum atomic E-state index is 12.2. The van der Waals surface area contributed by atoms with E-state index in [1.165, 1.54) is 4.90 Å². The largest absolute Gasteiger partial charge is 0.350 e. The Morgan fingerprint density at radius 2 is 1.72 bits per heavy atom. The Hall–Kier alpha value is -3.09. The van der Waals surface area contributed by atoms with Gasteiger partial charge in [0, 0.05) is 13.0 Å². The monoisotopic (exact) mass is 338 g/mol. The van der Waals surface area contributed by atoms with Gasteiger partial charge in [-0.05, 0) is 37.6 Å². The van der Waals surface area contributed by atoms with Crippen LogP contribution < -0.4 is 5.32 Å². The van der Waals surface area contributed by atoms with Crippen LogP contribution in [0.5, 0.6) is 0 Å². The fourth-order valence-electron chi connectivity index (χ4n) is 2.64. The number of imide groups is 1. The summed E-state index contributed by atoms with van der Waals surface area (Å²) in [6.45, 7) is 2.37. The SMILES string of the molecule is Cc1ccc(CNC(=O)CCCN2C(=O)c3ccccc3C2=O)nn1. The van der Waals surface area contributed by atoms with Gasteiger partial charge in [-0.3, -0.25) is 19.3 Å². The van der Waals surface area contributed by atoms with Crippen molar-refractivity contribution in [2.24, 2.45) is 0 Å². The zero-order valence-electron chi connectivity index (χ0n) is 13.9. The molecule has 2 heterocycles. The lowest BCUT2D eigenvalue weighted by Gasteiger charge is -2.13. The Morgan fingerprint density at radius 1 is 1.04 bits per heavy atom. The second kappa shape index (κ2) is 7.21. The standard InChI is InChI=1S/C18H18N4O3/c1-12-8-9-13(21-20-12)11-19-16(23)7-4-10-22-17(24)14-5-2-3-6-15(14)18(22)25/h2-3,5-6,8-9H,4,7,10-11H2,1H3,(H,19,23). The van der Waals surface area contributed by atoms with Crippen LogP contribution in [0, 0.1) is 6.92 Å². The molecule has 0 fully saturated rings. The molecule has 0 bridgehead atoms. The van der Waals surface area contributed by atoms with Gasteiger partial charge in [-0.25, -0.2) is 0 Å². The van der Waals surface area contributed by atoms with Crippen LogP contribution in [-0.2, 0) is 11.3 Å². The van der Waals surface area contributed by atoms with Crippen LogP contribution in [0.1, 0.15) is 44.9 Å². The van der Waals surface area contributed by atoms with Gasteiger partial charge in [0.05, 0.1) is 29.1 Å². The van der Waals surface area contributed by atoms with Crippen LogP contribution in [0.3, 0.4) is 0 Å². The van der Waals surface area contributed by atoms with Gasteiger partial charge in [0.2, 0.25) is 5.91 Å². The van der Waals surface area contributed by atoms with Crippen molar-refractivity contribution in [3.8, 4) is 0 Å². The van der Waals surface area contributed by atoms with E-state index in [-0.39, 0.29) is 30.7 Å². The molecule has 0 spiro atoms. The summed E-state index contributed by atoms with van der Waals surface area (Å²) in [4.78, 5) is 37.5. The molecule has 0 saturated heterocycles. The average Bonchev–Trinajstić information content (AvgIpc) is 2.86. The molecule has 3 rings (SSSR count). The highest BCUT2D eigenvalue weighted by Gasteiger charge is 2.34. The molecule has 0 saturated carbocycles. The molecule has 0 atom stereocenters. The van der Waals surface area contributed by atoms with Gasteiger partial charge in [-0.15, -0.1) is 0 Å². The van der Waals surface area contributed by atoms with Gasteiger partial charge in [0.15, 0.2) is 0 Å². The van der Waals surface area contributed by atoms with E-state index < -0.39 is 0 Å². The van der Waals surface area contributed by atoms with Gasteiger partial charge in [0.1, 0.15) is 0 Å². The maximum Gasteiger partial charge on any atom is 0.261 e. The minimum atomic E-state index is -0.295. The molecular formula is C18H18N4O3. The summed E-state index contributed by atoms with van der Waals surface area (Å²) in [7, 11) is 0. The number of carbonyl (C=O) groups excluding carboxylic acids is 3. The van der Waals surface area contributed by atoms with E-state index in [9.17, 15) is 14.4 Å². The van der Waals surface area contributed by atoms with Crippen LogP contribution >= 0.6 is 0 Å². The Labute approximate surface area is 145 Å².